The Balaban J connectivity index is 2.33. The van der Waals surface area contributed by atoms with Crippen molar-refractivity contribution < 1.29 is 13.3 Å². The molecule has 0 spiro atoms. The van der Waals surface area contributed by atoms with E-state index in [9.17, 15) is 8.78 Å². The Morgan fingerprint density at radius 2 is 1.74 bits per heavy atom. The summed E-state index contributed by atoms with van der Waals surface area (Å²) >= 11 is 0. The number of hydrogen-bond donors (Lipinski definition) is 2. The lowest BCUT2D eigenvalue weighted by atomic mass is 10.0. The first kappa shape index (κ1) is 11.5. The summed E-state index contributed by atoms with van der Waals surface area (Å²) in [4.78, 5) is 0. The van der Waals surface area contributed by atoms with Gasteiger partial charge < -0.3 is 16.0 Å². The Bertz CT molecular complexity index is 760. The number of nitrogens with two attached hydrogens (primary N) is 2. The minimum absolute atomic E-state index is 0.170. The summed E-state index contributed by atoms with van der Waals surface area (Å²) in [6, 6.07) is 7.35. The molecular formula is C13H9F2N3O. The second-order valence-corrected chi connectivity index (χ2v) is 4.10. The molecule has 0 amide bonds. The molecule has 1 aromatic heterocycles. The van der Waals surface area contributed by atoms with Crippen LogP contribution in [0, 0.1) is 11.6 Å². The molecule has 0 aliphatic rings. The van der Waals surface area contributed by atoms with Gasteiger partial charge in [0.05, 0.1) is 5.39 Å². The van der Waals surface area contributed by atoms with Crippen LogP contribution in [0.25, 0.3) is 22.1 Å². The van der Waals surface area contributed by atoms with E-state index >= 15 is 0 Å². The van der Waals surface area contributed by atoms with E-state index < -0.39 is 17.3 Å². The second-order valence-electron chi connectivity index (χ2n) is 4.10. The van der Waals surface area contributed by atoms with Crippen molar-refractivity contribution in [2.75, 3.05) is 11.5 Å². The highest BCUT2D eigenvalue weighted by atomic mass is 19.1. The lowest BCUT2D eigenvalue weighted by molar-refractivity contribution is 0.460. The van der Waals surface area contributed by atoms with E-state index in [4.69, 9.17) is 16.0 Å². The normalized spacial score (nSPS) is 11.1. The van der Waals surface area contributed by atoms with Gasteiger partial charge in [-0.25, -0.2) is 8.78 Å². The molecule has 3 rings (SSSR count). The molecule has 2 aromatic carbocycles. The summed E-state index contributed by atoms with van der Waals surface area (Å²) in [5, 5.41) is 4.15. The molecule has 19 heavy (non-hydrogen) atoms. The molecule has 3 aromatic rings. The molecule has 1 heterocycles. The number of nitrogens with zero attached hydrogens (tertiary/aromatic N) is 1. The molecule has 0 unspecified atom stereocenters. The maximum atomic E-state index is 13.5. The monoisotopic (exact) mass is 261 g/mol. The van der Waals surface area contributed by atoms with Crippen molar-refractivity contribution in [2.24, 2.45) is 0 Å². The molecule has 0 atom stereocenters. The van der Waals surface area contributed by atoms with Gasteiger partial charge in [0.2, 0.25) is 0 Å². The lowest BCUT2D eigenvalue weighted by Crippen LogP contribution is -1.96. The van der Waals surface area contributed by atoms with Crippen LogP contribution in [0.3, 0.4) is 0 Å². The highest BCUT2D eigenvalue weighted by molar-refractivity contribution is 6.00. The number of fused-ring (bicyclic) bond motifs is 1. The minimum atomic E-state index is -0.818. The number of aromatic nitrogens is 1. The van der Waals surface area contributed by atoms with E-state index in [1.807, 2.05) is 0 Å². The lowest BCUT2D eigenvalue weighted by Gasteiger charge is -2.06. The second kappa shape index (κ2) is 3.94. The topological polar surface area (TPSA) is 78.1 Å². The van der Waals surface area contributed by atoms with Gasteiger partial charge in [0.1, 0.15) is 17.3 Å². The average molecular weight is 261 g/mol. The molecule has 0 bridgehead atoms. The SMILES string of the molecule is Nc1c(F)cc(-c2cccc3onc(N)c23)cc1F. The quantitative estimate of drug-likeness (QED) is 0.660. The van der Waals surface area contributed by atoms with Gasteiger partial charge in [-0.3, -0.25) is 0 Å². The Kier molecular flexibility index (Phi) is 2.38. The van der Waals surface area contributed by atoms with Crippen molar-refractivity contribution in [1.82, 2.24) is 5.16 Å². The van der Waals surface area contributed by atoms with Crippen LogP contribution in [0.2, 0.25) is 0 Å². The van der Waals surface area contributed by atoms with E-state index in [-0.39, 0.29) is 5.82 Å². The van der Waals surface area contributed by atoms with Gasteiger partial charge in [0.15, 0.2) is 11.4 Å². The van der Waals surface area contributed by atoms with Gasteiger partial charge in [-0.1, -0.05) is 17.3 Å². The van der Waals surface area contributed by atoms with Crippen molar-refractivity contribution >= 4 is 22.5 Å². The van der Waals surface area contributed by atoms with E-state index in [0.717, 1.165) is 12.1 Å². The first-order valence-electron chi connectivity index (χ1n) is 5.46. The maximum Gasteiger partial charge on any atom is 0.175 e. The van der Waals surface area contributed by atoms with Crippen LogP contribution >= 0.6 is 0 Å². The predicted molar refractivity (Wildman–Crippen MR) is 68.2 cm³/mol. The molecule has 0 aliphatic heterocycles. The van der Waals surface area contributed by atoms with Crippen molar-refractivity contribution in [3.8, 4) is 11.1 Å². The summed E-state index contributed by atoms with van der Waals surface area (Å²) in [6.45, 7) is 0. The van der Waals surface area contributed by atoms with Gasteiger partial charge in [-0.05, 0) is 29.3 Å². The Morgan fingerprint density at radius 1 is 1.05 bits per heavy atom. The van der Waals surface area contributed by atoms with Gasteiger partial charge in [0.25, 0.3) is 0 Å². The minimum Gasteiger partial charge on any atom is -0.394 e. The number of benzene rings is 2. The Labute approximate surface area is 106 Å². The largest absolute Gasteiger partial charge is 0.394 e. The number of rotatable bonds is 1. The number of nitrogen functional groups attached to an aromatic ring is 2. The number of hydrogen-bond acceptors (Lipinski definition) is 4. The molecule has 96 valence electrons. The van der Waals surface area contributed by atoms with Gasteiger partial charge in [-0.2, -0.15) is 0 Å². The predicted octanol–water partition coefficient (Wildman–Crippen LogP) is 2.94. The van der Waals surface area contributed by atoms with Crippen LogP contribution in [0.4, 0.5) is 20.3 Å². The van der Waals surface area contributed by atoms with E-state index in [0.29, 0.717) is 22.1 Å². The smallest absolute Gasteiger partial charge is 0.175 e. The highest BCUT2D eigenvalue weighted by Gasteiger charge is 2.14. The number of anilines is 2. The Morgan fingerprint density at radius 3 is 2.42 bits per heavy atom. The van der Waals surface area contributed by atoms with Crippen LogP contribution in [0.1, 0.15) is 0 Å². The molecule has 0 saturated heterocycles. The van der Waals surface area contributed by atoms with Crippen LogP contribution < -0.4 is 11.5 Å². The molecule has 4 N–H and O–H groups in total. The third-order valence-electron chi connectivity index (χ3n) is 2.91. The van der Waals surface area contributed by atoms with E-state index in [1.54, 1.807) is 18.2 Å². The fourth-order valence-corrected chi connectivity index (χ4v) is 2.00. The fraction of sp³-hybridized carbons (Fsp3) is 0. The average Bonchev–Trinajstić information content (AvgIpc) is 2.77. The summed E-state index contributed by atoms with van der Waals surface area (Å²) in [7, 11) is 0. The van der Waals surface area contributed by atoms with Crippen molar-refractivity contribution in [1.29, 1.82) is 0 Å². The summed E-state index contributed by atoms with van der Waals surface area (Å²) in [5.74, 6) is -1.47. The summed E-state index contributed by atoms with van der Waals surface area (Å²) in [6.07, 6.45) is 0. The Hall–Kier alpha value is -2.63. The van der Waals surface area contributed by atoms with E-state index in [1.165, 1.54) is 0 Å². The first-order chi connectivity index (χ1) is 9.08. The molecule has 0 radical (unpaired) electrons. The molecule has 0 fully saturated rings. The molecule has 0 aliphatic carbocycles. The van der Waals surface area contributed by atoms with Crippen molar-refractivity contribution in [2.45, 2.75) is 0 Å². The zero-order chi connectivity index (χ0) is 13.6. The zero-order valence-electron chi connectivity index (χ0n) is 9.65. The van der Waals surface area contributed by atoms with Gasteiger partial charge in [-0.15, -0.1) is 0 Å². The van der Waals surface area contributed by atoms with Gasteiger partial charge >= 0.3 is 0 Å². The molecule has 0 saturated carbocycles. The van der Waals surface area contributed by atoms with Crippen LogP contribution in [-0.2, 0) is 0 Å². The van der Waals surface area contributed by atoms with Crippen LogP contribution in [0.15, 0.2) is 34.9 Å². The summed E-state index contributed by atoms with van der Waals surface area (Å²) in [5.41, 5.74) is 11.8. The maximum absolute atomic E-state index is 13.5. The first-order valence-corrected chi connectivity index (χ1v) is 5.46. The highest BCUT2D eigenvalue weighted by Crippen LogP contribution is 2.34. The molecule has 4 nitrogen and oxygen atoms in total. The van der Waals surface area contributed by atoms with E-state index in [2.05, 4.69) is 5.16 Å². The van der Waals surface area contributed by atoms with Crippen molar-refractivity contribution in [3.05, 3.63) is 42.0 Å². The van der Waals surface area contributed by atoms with Crippen molar-refractivity contribution in [3.63, 3.8) is 0 Å². The van der Waals surface area contributed by atoms with Gasteiger partial charge in [0, 0.05) is 0 Å². The molecule has 6 heteroatoms. The number of halogens is 2. The summed E-state index contributed by atoms with van der Waals surface area (Å²) < 4.78 is 32.0. The fourth-order valence-electron chi connectivity index (χ4n) is 2.00. The third kappa shape index (κ3) is 1.69. The standard InChI is InChI=1S/C13H9F2N3O/c14-8-4-6(5-9(15)12(8)16)7-2-1-3-10-11(7)13(17)18-19-10/h1-5H,16H2,(H2,17,18). The molecular weight excluding hydrogens is 252 g/mol. The van der Waals surface area contributed by atoms with Crippen LogP contribution in [-0.4, -0.2) is 5.16 Å². The van der Waals surface area contributed by atoms with Crippen LogP contribution in [0.5, 0.6) is 0 Å². The third-order valence-corrected chi connectivity index (χ3v) is 2.91. The zero-order valence-corrected chi connectivity index (χ0v) is 9.65.